The van der Waals surface area contributed by atoms with Crippen molar-refractivity contribution < 1.29 is 19.1 Å². The van der Waals surface area contributed by atoms with E-state index in [0.29, 0.717) is 33.8 Å². The van der Waals surface area contributed by atoms with Gasteiger partial charge in [0, 0.05) is 34.3 Å². The summed E-state index contributed by atoms with van der Waals surface area (Å²) in [6, 6.07) is 19.6. The maximum atomic E-state index is 12.8. The van der Waals surface area contributed by atoms with Crippen molar-refractivity contribution in [3.05, 3.63) is 82.3 Å². The van der Waals surface area contributed by atoms with E-state index in [0.717, 1.165) is 11.3 Å². The van der Waals surface area contributed by atoms with Gasteiger partial charge in [-0.25, -0.2) is 0 Å². The summed E-state index contributed by atoms with van der Waals surface area (Å²) in [5.41, 5.74) is 7.70. The molecule has 0 radical (unpaired) electrons. The zero-order valence-corrected chi connectivity index (χ0v) is 19.9. The van der Waals surface area contributed by atoms with Gasteiger partial charge in [0.1, 0.15) is 18.1 Å². The Bertz CT molecular complexity index is 1190. The van der Waals surface area contributed by atoms with E-state index in [1.165, 1.54) is 0 Å². The van der Waals surface area contributed by atoms with E-state index in [1.54, 1.807) is 66.6 Å². The highest BCUT2D eigenvalue weighted by Crippen LogP contribution is 2.29. The number of rotatable bonds is 8. The number of para-hydroxylation sites is 2. The second-order valence-electron chi connectivity index (χ2n) is 7.74. The van der Waals surface area contributed by atoms with Crippen LogP contribution < -0.4 is 25.2 Å². The molecule has 2 amide bonds. The zero-order chi connectivity index (χ0) is 24.1. The first-order chi connectivity index (χ1) is 16.4. The molecule has 1 saturated heterocycles. The van der Waals surface area contributed by atoms with Gasteiger partial charge in [0.15, 0.2) is 0 Å². The van der Waals surface area contributed by atoms with Crippen molar-refractivity contribution in [3.8, 4) is 11.5 Å². The van der Waals surface area contributed by atoms with Crippen LogP contribution in [-0.2, 0) is 16.2 Å². The number of nitrogens with zero attached hydrogens (tertiary/aromatic N) is 1. The van der Waals surface area contributed by atoms with Gasteiger partial charge in [-0.1, -0.05) is 41.4 Å². The summed E-state index contributed by atoms with van der Waals surface area (Å²) in [6.07, 6.45) is 0.132. The van der Waals surface area contributed by atoms with E-state index in [4.69, 9.17) is 32.7 Å². The Kier molecular flexibility index (Phi) is 7.45. The van der Waals surface area contributed by atoms with Gasteiger partial charge in [-0.3, -0.25) is 20.4 Å². The highest BCUT2D eigenvalue weighted by molar-refractivity contribution is 6.35. The second kappa shape index (κ2) is 10.7. The summed E-state index contributed by atoms with van der Waals surface area (Å²) in [5, 5.41) is 1.06. The lowest BCUT2D eigenvalue weighted by Gasteiger charge is -2.18. The Morgan fingerprint density at radius 3 is 2.59 bits per heavy atom. The van der Waals surface area contributed by atoms with Gasteiger partial charge in [-0.15, -0.1) is 0 Å². The number of nitrogens with one attached hydrogen (secondary N) is 2. The van der Waals surface area contributed by atoms with Crippen LogP contribution in [0.5, 0.6) is 11.5 Å². The largest absolute Gasteiger partial charge is 0.497 e. The maximum Gasteiger partial charge on any atom is 0.243 e. The second-order valence-corrected chi connectivity index (χ2v) is 8.58. The number of methoxy groups -OCH3 is 1. The van der Waals surface area contributed by atoms with Crippen LogP contribution in [0.1, 0.15) is 12.0 Å². The molecule has 0 bridgehead atoms. The van der Waals surface area contributed by atoms with Crippen LogP contribution in [0.3, 0.4) is 0 Å². The smallest absolute Gasteiger partial charge is 0.243 e. The van der Waals surface area contributed by atoms with Crippen LogP contribution in [0.2, 0.25) is 10.0 Å². The lowest BCUT2D eigenvalue weighted by atomic mass is 10.1. The predicted molar refractivity (Wildman–Crippen MR) is 132 cm³/mol. The van der Waals surface area contributed by atoms with Crippen molar-refractivity contribution in [1.82, 2.24) is 5.43 Å². The van der Waals surface area contributed by atoms with Crippen molar-refractivity contribution in [2.45, 2.75) is 13.0 Å². The first-order valence-corrected chi connectivity index (χ1v) is 11.4. The van der Waals surface area contributed by atoms with Crippen LogP contribution >= 0.6 is 23.2 Å². The Morgan fingerprint density at radius 2 is 1.85 bits per heavy atom. The third-order valence-corrected chi connectivity index (χ3v) is 6.07. The van der Waals surface area contributed by atoms with Crippen molar-refractivity contribution >= 4 is 46.4 Å². The number of hydrogen-bond acceptors (Lipinski definition) is 5. The maximum absolute atomic E-state index is 12.8. The van der Waals surface area contributed by atoms with Crippen LogP contribution in [0.25, 0.3) is 0 Å². The fraction of sp³-hybridized carbons (Fsp3) is 0.200. The molecule has 1 aliphatic rings. The van der Waals surface area contributed by atoms with E-state index in [2.05, 4.69) is 10.9 Å². The molecular weight excluding hydrogens is 477 g/mol. The molecule has 0 aromatic heterocycles. The highest BCUT2D eigenvalue weighted by Gasteiger charge is 2.35. The third-order valence-electron chi connectivity index (χ3n) is 5.49. The molecule has 34 heavy (non-hydrogen) atoms. The molecular formula is C25H23Cl2N3O4. The van der Waals surface area contributed by atoms with Crippen LogP contribution in [0.15, 0.2) is 66.7 Å². The minimum Gasteiger partial charge on any atom is -0.497 e. The highest BCUT2D eigenvalue weighted by atomic mass is 35.5. The van der Waals surface area contributed by atoms with Gasteiger partial charge >= 0.3 is 0 Å². The van der Waals surface area contributed by atoms with Gasteiger partial charge in [0.05, 0.1) is 18.7 Å². The molecule has 0 aliphatic carbocycles. The van der Waals surface area contributed by atoms with Gasteiger partial charge in [0.25, 0.3) is 0 Å². The quantitative estimate of drug-likeness (QED) is 0.422. The Hall–Kier alpha value is -3.42. The average Bonchev–Trinajstić information content (AvgIpc) is 3.24. The van der Waals surface area contributed by atoms with Crippen LogP contribution in [0.4, 0.5) is 11.4 Å². The Morgan fingerprint density at radius 1 is 1.09 bits per heavy atom. The first-order valence-electron chi connectivity index (χ1n) is 10.6. The van der Waals surface area contributed by atoms with Crippen LogP contribution in [-0.4, -0.2) is 25.5 Å². The molecule has 1 fully saturated rings. The number of hydrazine groups is 1. The molecule has 0 unspecified atom stereocenters. The summed E-state index contributed by atoms with van der Waals surface area (Å²) >= 11 is 12.2. The molecule has 176 valence electrons. The summed E-state index contributed by atoms with van der Waals surface area (Å²) in [7, 11) is 1.58. The van der Waals surface area contributed by atoms with E-state index in [9.17, 15) is 9.59 Å². The predicted octanol–water partition coefficient (Wildman–Crippen LogP) is 5.08. The molecule has 3 aromatic carbocycles. The third kappa shape index (κ3) is 5.55. The van der Waals surface area contributed by atoms with Gasteiger partial charge in [-0.2, -0.15) is 0 Å². The van der Waals surface area contributed by atoms with Gasteiger partial charge in [0.2, 0.25) is 11.8 Å². The lowest BCUT2D eigenvalue weighted by Crippen LogP contribution is -2.36. The SMILES string of the molecule is COc1ccc(N2C[C@@H](C(=O)NNc3ccccc3OCc3ccc(Cl)cc3Cl)CC2=O)cc1. The summed E-state index contributed by atoms with van der Waals surface area (Å²) in [5.74, 6) is 0.376. The number of amides is 2. The topological polar surface area (TPSA) is 79.9 Å². The molecule has 4 rings (SSSR count). The first kappa shape index (κ1) is 23.7. The Labute approximate surface area is 207 Å². The number of halogens is 2. The summed E-state index contributed by atoms with van der Waals surface area (Å²) in [6.45, 7) is 0.530. The zero-order valence-electron chi connectivity index (χ0n) is 18.4. The summed E-state index contributed by atoms with van der Waals surface area (Å²) in [4.78, 5) is 26.9. The molecule has 9 heteroatoms. The minimum absolute atomic E-state index is 0.103. The van der Waals surface area contributed by atoms with Gasteiger partial charge < -0.3 is 14.4 Å². The monoisotopic (exact) mass is 499 g/mol. The molecule has 7 nitrogen and oxygen atoms in total. The van der Waals surface area contributed by atoms with Crippen molar-refractivity contribution in [2.75, 3.05) is 24.0 Å². The van der Waals surface area contributed by atoms with Gasteiger partial charge in [-0.05, 0) is 48.5 Å². The van der Waals surface area contributed by atoms with E-state index in [1.807, 2.05) is 12.1 Å². The van der Waals surface area contributed by atoms with Crippen molar-refractivity contribution in [3.63, 3.8) is 0 Å². The normalized spacial score (nSPS) is 15.2. The van der Waals surface area contributed by atoms with E-state index < -0.39 is 5.92 Å². The fourth-order valence-electron chi connectivity index (χ4n) is 3.62. The standard InChI is InChI=1S/C25H23Cl2N3O4/c1-33-20-10-8-19(9-11-20)30-14-17(12-24(30)31)25(32)29-28-22-4-2-3-5-23(22)34-15-16-6-7-18(26)13-21(16)27/h2-11,13,17,28H,12,14-15H2,1H3,(H,29,32)/t17-/m0/s1. The molecule has 1 atom stereocenters. The molecule has 1 heterocycles. The number of anilines is 2. The number of carbonyl (C=O) groups is 2. The number of carbonyl (C=O) groups excluding carboxylic acids is 2. The molecule has 0 spiro atoms. The van der Waals surface area contributed by atoms with Crippen molar-refractivity contribution in [2.24, 2.45) is 5.92 Å². The Balaban J connectivity index is 1.35. The number of ether oxygens (including phenoxy) is 2. The van der Waals surface area contributed by atoms with E-state index >= 15 is 0 Å². The van der Waals surface area contributed by atoms with Crippen LogP contribution in [0, 0.1) is 5.92 Å². The number of hydrogen-bond donors (Lipinski definition) is 2. The summed E-state index contributed by atoms with van der Waals surface area (Å²) < 4.78 is 11.1. The van der Waals surface area contributed by atoms with E-state index in [-0.39, 0.29) is 24.8 Å². The number of benzene rings is 3. The molecule has 2 N–H and O–H groups in total. The molecule has 3 aromatic rings. The molecule has 0 saturated carbocycles. The van der Waals surface area contributed by atoms with Crippen molar-refractivity contribution in [1.29, 1.82) is 0 Å². The average molecular weight is 500 g/mol. The molecule has 1 aliphatic heterocycles. The lowest BCUT2D eigenvalue weighted by molar-refractivity contribution is -0.125. The fourth-order valence-corrected chi connectivity index (χ4v) is 4.08. The minimum atomic E-state index is -0.483.